The third kappa shape index (κ3) is 2.69. The molecule has 0 bridgehead atoms. The first kappa shape index (κ1) is 15.0. The molecule has 0 atom stereocenters. The van der Waals surface area contributed by atoms with Crippen molar-refractivity contribution in [3.63, 3.8) is 0 Å². The van der Waals surface area contributed by atoms with Gasteiger partial charge < -0.3 is 9.15 Å². The molecule has 4 rings (SSSR count). The fourth-order valence-corrected chi connectivity index (χ4v) is 3.25. The van der Waals surface area contributed by atoms with Crippen molar-refractivity contribution in [3.8, 4) is 5.75 Å². The number of hydrogen-bond acceptors (Lipinski definition) is 3. The molecule has 1 heterocycles. The summed E-state index contributed by atoms with van der Waals surface area (Å²) in [4.78, 5) is 11.9. The van der Waals surface area contributed by atoms with Crippen LogP contribution in [0.3, 0.4) is 0 Å². The van der Waals surface area contributed by atoms with E-state index in [-0.39, 0.29) is 5.63 Å². The molecule has 0 aliphatic carbocycles. The SMILES string of the molecule is O=c1cc(COc2ccccc2Br)c2c(ccc3ccccc32)o1. The van der Waals surface area contributed by atoms with Crippen molar-refractivity contribution in [1.82, 2.24) is 0 Å². The zero-order valence-corrected chi connectivity index (χ0v) is 14.2. The second-order valence-corrected chi connectivity index (χ2v) is 6.32. The van der Waals surface area contributed by atoms with Gasteiger partial charge in [-0.25, -0.2) is 4.79 Å². The number of hydrogen-bond donors (Lipinski definition) is 0. The van der Waals surface area contributed by atoms with E-state index in [2.05, 4.69) is 15.9 Å². The van der Waals surface area contributed by atoms with Crippen LogP contribution in [0.2, 0.25) is 0 Å². The van der Waals surface area contributed by atoms with Gasteiger partial charge in [0.05, 0.1) is 4.47 Å². The van der Waals surface area contributed by atoms with Crippen LogP contribution in [0.25, 0.3) is 21.7 Å². The Hall–Kier alpha value is -2.59. The zero-order valence-electron chi connectivity index (χ0n) is 12.7. The van der Waals surface area contributed by atoms with E-state index in [1.54, 1.807) is 0 Å². The number of halogens is 1. The highest BCUT2D eigenvalue weighted by molar-refractivity contribution is 9.10. The molecule has 3 aromatic carbocycles. The average molecular weight is 381 g/mol. The van der Waals surface area contributed by atoms with Gasteiger partial charge in [0.15, 0.2) is 0 Å². The topological polar surface area (TPSA) is 39.4 Å². The summed E-state index contributed by atoms with van der Waals surface area (Å²) in [6, 6.07) is 21.0. The largest absolute Gasteiger partial charge is 0.488 e. The molecule has 24 heavy (non-hydrogen) atoms. The van der Waals surface area contributed by atoms with Crippen molar-refractivity contribution < 1.29 is 9.15 Å². The molecule has 0 spiro atoms. The molecule has 1 aromatic heterocycles. The first-order valence-corrected chi connectivity index (χ1v) is 8.33. The van der Waals surface area contributed by atoms with E-state index in [4.69, 9.17) is 9.15 Å². The lowest BCUT2D eigenvalue weighted by Gasteiger charge is -2.11. The first-order chi connectivity index (χ1) is 11.7. The van der Waals surface area contributed by atoms with Crippen LogP contribution < -0.4 is 10.4 Å². The Kier molecular flexibility index (Phi) is 3.82. The first-order valence-electron chi connectivity index (χ1n) is 7.54. The van der Waals surface area contributed by atoms with E-state index in [0.29, 0.717) is 12.2 Å². The smallest absolute Gasteiger partial charge is 0.336 e. The fourth-order valence-electron chi connectivity index (χ4n) is 2.85. The van der Waals surface area contributed by atoms with Gasteiger partial charge in [-0.1, -0.05) is 42.5 Å². The van der Waals surface area contributed by atoms with Crippen molar-refractivity contribution >= 4 is 37.7 Å². The molecule has 4 heteroatoms. The third-order valence-electron chi connectivity index (χ3n) is 3.93. The van der Waals surface area contributed by atoms with Gasteiger partial charge in [0.1, 0.15) is 17.9 Å². The molecule has 0 aliphatic heterocycles. The lowest BCUT2D eigenvalue weighted by molar-refractivity contribution is 0.305. The Balaban J connectivity index is 1.86. The van der Waals surface area contributed by atoms with Gasteiger partial charge in [-0.3, -0.25) is 0 Å². The Morgan fingerprint density at radius 3 is 2.62 bits per heavy atom. The van der Waals surface area contributed by atoms with Crippen molar-refractivity contribution in [2.45, 2.75) is 6.61 Å². The molecule has 4 aromatic rings. The van der Waals surface area contributed by atoms with Crippen LogP contribution in [-0.2, 0) is 6.61 Å². The van der Waals surface area contributed by atoms with Crippen molar-refractivity contribution in [1.29, 1.82) is 0 Å². The number of fused-ring (bicyclic) bond motifs is 3. The van der Waals surface area contributed by atoms with Crippen LogP contribution in [-0.4, -0.2) is 0 Å². The van der Waals surface area contributed by atoms with Crippen LogP contribution in [0, 0.1) is 0 Å². The molecule has 0 aliphatic rings. The summed E-state index contributed by atoms with van der Waals surface area (Å²) in [6.45, 7) is 0.290. The van der Waals surface area contributed by atoms with Crippen LogP contribution in [0.15, 0.2) is 80.4 Å². The average Bonchev–Trinajstić information content (AvgIpc) is 2.60. The standard InChI is InChI=1S/C20H13BrO3/c21-16-7-3-4-8-17(16)23-12-14-11-19(22)24-18-10-9-13-5-1-2-6-15(13)20(14)18/h1-11H,12H2. The van der Waals surface area contributed by atoms with E-state index >= 15 is 0 Å². The molecule has 0 N–H and O–H groups in total. The van der Waals surface area contributed by atoms with E-state index in [1.807, 2.05) is 60.7 Å². The second-order valence-electron chi connectivity index (χ2n) is 5.47. The number of ether oxygens (including phenoxy) is 1. The summed E-state index contributed by atoms with van der Waals surface area (Å²) < 4.78 is 12.2. The third-order valence-corrected chi connectivity index (χ3v) is 4.59. The van der Waals surface area contributed by atoms with E-state index in [1.165, 1.54) is 6.07 Å². The van der Waals surface area contributed by atoms with Crippen LogP contribution in [0.5, 0.6) is 5.75 Å². The molecule has 3 nitrogen and oxygen atoms in total. The van der Waals surface area contributed by atoms with E-state index in [9.17, 15) is 4.79 Å². The molecule has 0 radical (unpaired) electrons. The van der Waals surface area contributed by atoms with Gasteiger partial charge in [-0.2, -0.15) is 0 Å². The summed E-state index contributed by atoms with van der Waals surface area (Å²) in [5.41, 5.74) is 1.02. The molecule has 0 saturated carbocycles. The molecule has 0 saturated heterocycles. The van der Waals surface area contributed by atoms with E-state index < -0.39 is 0 Å². The maximum atomic E-state index is 11.9. The van der Waals surface area contributed by atoms with Crippen molar-refractivity contribution in [3.05, 3.63) is 87.2 Å². The fraction of sp³-hybridized carbons (Fsp3) is 0.0500. The van der Waals surface area contributed by atoms with Gasteiger partial charge in [-0.15, -0.1) is 0 Å². The Morgan fingerprint density at radius 1 is 0.958 bits per heavy atom. The highest BCUT2D eigenvalue weighted by atomic mass is 79.9. The summed E-state index contributed by atoms with van der Waals surface area (Å²) in [5, 5.41) is 3.06. The Labute approximate surface area is 146 Å². The quantitative estimate of drug-likeness (QED) is 0.358. The normalized spacial score (nSPS) is 11.0. The molecular weight excluding hydrogens is 368 g/mol. The minimum Gasteiger partial charge on any atom is -0.488 e. The van der Waals surface area contributed by atoms with Gasteiger partial charge >= 0.3 is 5.63 Å². The van der Waals surface area contributed by atoms with Gasteiger partial charge in [0, 0.05) is 17.0 Å². The molecule has 0 unspecified atom stereocenters. The van der Waals surface area contributed by atoms with Crippen LogP contribution in [0.4, 0.5) is 0 Å². The van der Waals surface area contributed by atoms with Crippen molar-refractivity contribution in [2.75, 3.05) is 0 Å². The van der Waals surface area contributed by atoms with Crippen LogP contribution >= 0.6 is 15.9 Å². The lowest BCUT2D eigenvalue weighted by atomic mass is 10.0. The Morgan fingerprint density at radius 2 is 1.75 bits per heavy atom. The number of para-hydroxylation sites is 1. The summed E-state index contributed by atoms with van der Waals surface area (Å²) in [7, 11) is 0. The zero-order chi connectivity index (χ0) is 16.5. The predicted molar refractivity (Wildman–Crippen MR) is 98.5 cm³/mol. The highest BCUT2D eigenvalue weighted by Crippen LogP contribution is 2.29. The second kappa shape index (κ2) is 6.13. The lowest BCUT2D eigenvalue weighted by Crippen LogP contribution is -2.04. The summed E-state index contributed by atoms with van der Waals surface area (Å²) in [5.74, 6) is 0.735. The molecule has 0 fully saturated rings. The van der Waals surface area contributed by atoms with Gasteiger partial charge in [0.25, 0.3) is 0 Å². The van der Waals surface area contributed by atoms with Gasteiger partial charge in [-0.05, 0) is 44.9 Å². The Bertz CT molecular complexity index is 1100. The monoisotopic (exact) mass is 380 g/mol. The minimum absolute atomic E-state index is 0.290. The predicted octanol–water partition coefficient (Wildman–Crippen LogP) is 5.29. The highest BCUT2D eigenvalue weighted by Gasteiger charge is 2.11. The van der Waals surface area contributed by atoms with Crippen molar-refractivity contribution in [2.24, 2.45) is 0 Å². The van der Waals surface area contributed by atoms with E-state index in [0.717, 1.165) is 31.9 Å². The molecule has 118 valence electrons. The number of benzene rings is 3. The minimum atomic E-state index is -0.372. The summed E-state index contributed by atoms with van der Waals surface area (Å²) in [6.07, 6.45) is 0. The number of rotatable bonds is 3. The van der Waals surface area contributed by atoms with Gasteiger partial charge in [0.2, 0.25) is 0 Å². The summed E-state index contributed by atoms with van der Waals surface area (Å²) >= 11 is 3.47. The molecule has 0 amide bonds. The maximum absolute atomic E-state index is 11.9. The molecular formula is C20H13BrO3. The maximum Gasteiger partial charge on any atom is 0.336 e. The van der Waals surface area contributed by atoms with Crippen LogP contribution in [0.1, 0.15) is 5.56 Å².